The van der Waals surface area contributed by atoms with E-state index in [1.54, 1.807) is 0 Å². The Morgan fingerprint density at radius 2 is 1.79 bits per heavy atom. The first-order valence-corrected chi connectivity index (χ1v) is 13.5. The van der Waals surface area contributed by atoms with E-state index in [-0.39, 0.29) is 17.7 Å². The maximum atomic E-state index is 13.6. The van der Waals surface area contributed by atoms with E-state index in [0.717, 1.165) is 12.8 Å². The molecule has 0 spiro atoms. The molecule has 2 fully saturated rings. The van der Waals surface area contributed by atoms with Crippen LogP contribution in [0.15, 0.2) is 11.6 Å². The van der Waals surface area contributed by atoms with Gasteiger partial charge < -0.3 is 9.16 Å². The van der Waals surface area contributed by atoms with Gasteiger partial charge in [-0.25, -0.2) is 9.69 Å². The zero-order valence-corrected chi connectivity index (χ0v) is 20.5. The molecule has 0 aromatic carbocycles. The van der Waals surface area contributed by atoms with E-state index in [1.807, 2.05) is 0 Å². The Hall–Kier alpha value is -1.14. The van der Waals surface area contributed by atoms with Crippen molar-refractivity contribution in [3.8, 4) is 0 Å². The number of fused-ring (bicyclic) bond motifs is 2. The maximum Gasteiger partial charge on any atom is 0.416 e. The molecule has 4 rings (SSSR count). The first kappa shape index (κ1) is 22.5. The van der Waals surface area contributed by atoms with Crippen molar-refractivity contribution < 1.29 is 18.8 Å². The van der Waals surface area contributed by atoms with E-state index in [2.05, 4.69) is 61.5 Å². The molecule has 0 radical (unpaired) electrons. The summed E-state index contributed by atoms with van der Waals surface area (Å²) in [4.78, 5) is 27.2. The van der Waals surface area contributed by atoms with E-state index in [1.165, 1.54) is 10.5 Å². The highest BCUT2D eigenvalue weighted by atomic mass is 28.4. The van der Waals surface area contributed by atoms with Gasteiger partial charge in [0.25, 0.3) is 0 Å². The van der Waals surface area contributed by atoms with E-state index < -0.39 is 20.0 Å². The molecule has 4 aliphatic rings. The Kier molecular flexibility index (Phi) is 6.09. The minimum absolute atomic E-state index is 0.104. The van der Waals surface area contributed by atoms with Crippen LogP contribution < -0.4 is 0 Å². The highest BCUT2D eigenvalue weighted by Gasteiger charge is 2.60. The molecule has 1 saturated carbocycles. The zero-order valence-electron chi connectivity index (χ0n) is 19.5. The lowest BCUT2D eigenvalue weighted by atomic mass is 9.57. The molecule has 4 atom stereocenters. The quantitative estimate of drug-likeness (QED) is 0.419. The summed E-state index contributed by atoms with van der Waals surface area (Å²) < 4.78 is 12.5. The predicted octanol–water partition coefficient (Wildman–Crippen LogP) is 5.52. The third-order valence-corrected chi connectivity index (χ3v) is 14.1. The summed E-state index contributed by atoms with van der Waals surface area (Å²) in [6.45, 7) is 18.7. The molecule has 164 valence electrons. The molecule has 0 aromatic heterocycles. The van der Waals surface area contributed by atoms with E-state index in [4.69, 9.17) is 9.16 Å². The van der Waals surface area contributed by atoms with Crippen LogP contribution in [-0.2, 0) is 14.0 Å². The lowest BCUT2D eigenvalue weighted by Crippen LogP contribution is -2.64. The fourth-order valence-electron chi connectivity index (χ4n) is 6.80. The molecule has 2 bridgehead atoms. The van der Waals surface area contributed by atoms with E-state index in [0.29, 0.717) is 35.7 Å². The first-order valence-electron chi connectivity index (χ1n) is 11.4. The smallest absolute Gasteiger partial charge is 0.416 e. The van der Waals surface area contributed by atoms with Gasteiger partial charge in [-0.2, -0.15) is 0 Å². The summed E-state index contributed by atoms with van der Waals surface area (Å²) in [5.74, 6) is 0.125. The van der Waals surface area contributed by atoms with Crippen LogP contribution in [0.3, 0.4) is 0 Å². The van der Waals surface area contributed by atoms with Crippen LogP contribution in [0, 0.1) is 17.8 Å². The van der Waals surface area contributed by atoms with Gasteiger partial charge in [-0.3, -0.25) is 4.79 Å². The number of carbonyl (C=O) groups is 2. The number of cyclic esters (lactones) is 1. The summed E-state index contributed by atoms with van der Waals surface area (Å²) in [7, 11) is -2.22. The zero-order chi connectivity index (χ0) is 21.7. The van der Waals surface area contributed by atoms with Gasteiger partial charge in [0.05, 0.1) is 18.1 Å². The third-order valence-electron chi connectivity index (χ3n) is 7.96. The number of ether oxygens (including phenoxy) is 1. The van der Waals surface area contributed by atoms with Gasteiger partial charge in [0.15, 0.2) is 0 Å². The minimum atomic E-state index is -2.22. The Morgan fingerprint density at radius 1 is 1.21 bits per heavy atom. The molecule has 1 saturated heterocycles. The normalized spacial score (nSPS) is 32.4. The number of imide groups is 1. The van der Waals surface area contributed by atoms with Crippen molar-refractivity contribution in [3.63, 3.8) is 0 Å². The van der Waals surface area contributed by atoms with Crippen LogP contribution in [0.1, 0.15) is 68.2 Å². The molecule has 2 amide bonds. The molecule has 3 aliphatic carbocycles. The molecular weight excluding hydrogens is 382 g/mol. The highest BCUT2D eigenvalue weighted by Crippen LogP contribution is 2.56. The second-order valence-corrected chi connectivity index (χ2v) is 15.7. The van der Waals surface area contributed by atoms with Gasteiger partial charge in [-0.05, 0) is 48.2 Å². The van der Waals surface area contributed by atoms with Crippen LogP contribution in [0.25, 0.3) is 0 Å². The molecular formula is C23H39NO4Si. The number of rotatable bonds is 6. The molecule has 0 aromatic rings. The number of hydrogen-bond acceptors (Lipinski definition) is 4. The topological polar surface area (TPSA) is 55.8 Å². The highest BCUT2D eigenvalue weighted by molar-refractivity contribution is 6.77. The second kappa shape index (κ2) is 7.84. The van der Waals surface area contributed by atoms with Crippen LogP contribution in [0.4, 0.5) is 4.79 Å². The number of hydrogen-bond donors (Lipinski definition) is 0. The molecule has 29 heavy (non-hydrogen) atoms. The Bertz CT molecular complexity index is 679. The summed E-state index contributed by atoms with van der Waals surface area (Å²) in [5.41, 5.74) is 2.05. The SMILES string of the molecule is CC1=C[C@@]2(O[Si](C(C)C)(C(C)C)C(C)C)CC[C@@H]1[C@@H](C)[C@@H]2C(=O)N1CCOC1=O. The van der Waals surface area contributed by atoms with Crippen molar-refractivity contribution in [2.75, 3.05) is 13.2 Å². The van der Waals surface area contributed by atoms with Crippen molar-refractivity contribution in [1.82, 2.24) is 4.90 Å². The Balaban J connectivity index is 2.09. The number of carbonyl (C=O) groups excluding carboxylic acids is 2. The molecule has 0 unspecified atom stereocenters. The van der Waals surface area contributed by atoms with Gasteiger partial charge in [0.1, 0.15) is 6.61 Å². The number of amides is 2. The fourth-order valence-corrected chi connectivity index (χ4v) is 12.4. The van der Waals surface area contributed by atoms with Crippen LogP contribution in [-0.4, -0.2) is 44.0 Å². The lowest BCUT2D eigenvalue weighted by Gasteiger charge is -2.58. The van der Waals surface area contributed by atoms with Crippen molar-refractivity contribution >= 4 is 20.3 Å². The van der Waals surface area contributed by atoms with Gasteiger partial charge >= 0.3 is 6.09 Å². The van der Waals surface area contributed by atoms with Gasteiger partial charge in [-0.1, -0.05) is 60.1 Å². The monoisotopic (exact) mass is 421 g/mol. The Labute approximate surface area is 177 Å². The third kappa shape index (κ3) is 3.40. The van der Waals surface area contributed by atoms with E-state index >= 15 is 0 Å². The Morgan fingerprint density at radius 3 is 2.24 bits per heavy atom. The summed E-state index contributed by atoms with van der Waals surface area (Å²) >= 11 is 0. The fraction of sp³-hybridized carbons (Fsp3) is 0.826. The average molecular weight is 422 g/mol. The maximum absolute atomic E-state index is 13.6. The second-order valence-electron chi connectivity index (χ2n) is 10.3. The van der Waals surface area contributed by atoms with Gasteiger partial charge in [0, 0.05) is 0 Å². The molecule has 0 N–H and O–H groups in total. The van der Waals surface area contributed by atoms with Gasteiger partial charge in [-0.15, -0.1) is 0 Å². The number of allylic oxidation sites excluding steroid dienone is 1. The molecule has 5 nitrogen and oxygen atoms in total. The van der Waals surface area contributed by atoms with Crippen molar-refractivity contribution in [3.05, 3.63) is 11.6 Å². The number of nitrogens with zero attached hydrogens (tertiary/aromatic N) is 1. The average Bonchev–Trinajstić information content (AvgIpc) is 3.04. The summed E-state index contributed by atoms with van der Waals surface area (Å²) in [6, 6.07) is 0. The van der Waals surface area contributed by atoms with Crippen molar-refractivity contribution in [2.24, 2.45) is 17.8 Å². The van der Waals surface area contributed by atoms with Crippen LogP contribution >= 0.6 is 0 Å². The summed E-state index contributed by atoms with van der Waals surface area (Å²) in [5, 5.41) is 0. The van der Waals surface area contributed by atoms with Crippen LogP contribution in [0.2, 0.25) is 16.6 Å². The van der Waals surface area contributed by atoms with Crippen molar-refractivity contribution in [2.45, 2.75) is 90.5 Å². The summed E-state index contributed by atoms with van der Waals surface area (Å²) in [6.07, 6.45) is 3.68. The predicted molar refractivity (Wildman–Crippen MR) is 117 cm³/mol. The minimum Gasteiger partial charge on any atom is -0.447 e. The molecule has 1 aliphatic heterocycles. The molecule has 6 heteroatoms. The molecule has 1 heterocycles. The van der Waals surface area contributed by atoms with Gasteiger partial charge in [0.2, 0.25) is 14.2 Å². The first-order chi connectivity index (χ1) is 13.5. The largest absolute Gasteiger partial charge is 0.447 e. The lowest BCUT2D eigenvalue weighted by molar-refractivity contribution is -0.148. The standard InChI is InChI=1S/C23H39NO4Si/c1-14(2)29(15(3)4,16(5)6)28-23-10-9-19(17(7)13-23)18(8)20(23)21(25)24-11-12-27-22(24)26/h13-16,18-20H,9-12H2,1-8H3/t18-,19+,20-,23+/m1/s1. The van der Waals surface area contributed by atoms with Crippen LogP contribution in [0.5, 0.6) is 0 Å². The van der Waals surface area contributed by atoms with Crippen molar-refractivity contribution in [1.29, 1.82) is 0 Å². The van der Waals surface area contributed by atoms with E-state index in [9.17, 15) is 9.59 Å².